The lowest BCUT2D eigenvalue weighted by Crippen LogP contribution is -2.14. The summed E-state index contributed by atoms with van der Waals surface area (Å²) in [5, 5.41) is 8.55. The molecule has 46 heavy (non-hydrogen) atoms. The third-order valence-electron chi connectivity index (χ3n) is 9.88. The molecule has 0 unspecified atom stereocenters. The second-order valence-corrected chi connectivity index (χ2v) is 18.0. The summed E-state index contributed by atoms with van der Waals surface area (Å²) in [6.07, 6.45) is 12.9. The number of thiophene rings is 2. The van der Waals surface area contributed by atoms with Crippen molar-refractivity contribution in [3.63, 3.8) is 0 Å². The van der Waals surface area contributed by atoms with Gasteiger partial charge in [0.1, 0.15) is 0 Å². The summed E-state index contributed by atoms with van der Waals surface area (Å²) in [6.45, 7) is 18.9. The average Bonchev–Trinajstić information content (AvgIpc) is 3.68. The zero-order chi connectivity index (χ0) is 32.6. The summed E-state index contributed by atoms with van der Waals surface area (Å²) in [5.74, 6) is 0. The van der Waals surface area contributed by atoms with Crippen LogP contribution in [0.1, 0.15) is 128 Å². The molecule has 242 valence electrons. The van der Waals surface area contributed by atoms with E-state index in [9.17, 15) is 0 Å². The van der Waals surface area contributed by atoms with Crippen LogP contribution in [-0.2, 0) is 23.7 Å². The van der Waals surface area contributed by atoms with Crippen molar-refractivity contribution >= 4 is 55.0 Å². The van der Waals surface area contributed by atoms with Crippen LogP contribution < -0.4 is 0 Å². The third-order valence-corrected chi connectivity index (χ3v) is 12.2. The predicted molar refractivity (Wildman–Crippen MR) is 210 cm³/mol. The van der Waals surface area contributed by atoms with E-state index in [2.05, 4.69) is 116 Å². The van der Waals surface area contributed by atoms with E-state index in [1.807, 2.05) is 22.7 Å². The highest BCUT2D eigenvalue weighted by molar-refractivity contribution is 7.15. The molecular weight excluding hydrogens is 593 g/mol. The third kappa shape index (κ3) is 6.67. The predicted octanol–water partition coefficient (Wildman–Crippen LogP) is 14.9. The van der Waals surface area contributed by atoms with Crippen molar-refractivity contribution in [3.8, 4) is 20.9 Å². The Kier molecular flexibility index (Phi) is 9.71. The van der Waals surface area contributed by atoms with Gasteiger partial charge in [-0.15, -0.1) is 22.7 Å². The normalized spacial score (nSPS) is 12.8. The summed E-state index contributed by atoms with van der Waals surface area (Å²) >= 11 is 4.01. The van der Waals surface area contributed by atoms with Crippen LogP contribution in [0.15, 0.2) is 60.7 Å². The van der Waals surface area contributed by atoms with Gasteiger partial charge >= 0.3 is 0 Å². The van der Waals surface area contributed by atoms with Crippen LogP contribution in [0.5, 0.6) is 0 Å². The van der Waals surface area contributed by atoms with Gasteiger partial charge in [-0.1, -0.05) is 106 Å². The van der Waals surface area contributed by atoms with E-state index in [1.54, 1.807) is 0 Å². The highest BCUT2D eigenvalue weighted by Crippen LogP contribution is 2.49. The standard InChI is InChI=1S/C44H54S2/c1-9-11-13-15-17-31-19-23-39(45-31)29-25-30-27-37(43(3,4)5)34-22-21-33(40-24-20-32(46-40)18-16-14-12-10-2)35-28-38(44(6,7)8)36(26-29)41(30)42(34)35/h19-28H,9-18H2,1-8H3. The average molecular weight is 647 g/mol. The molecule has 4 aromatic carbocycles. The maximum Gasteiger partial charge on any atom is 0.0351 e. The molecule has 0 saturated carbocycles. The second kappa shape index (κ2) is 13.4. The van der Waals surface area contributed by atoms with Crippen molar-refractivity contribution < 1.29 is 0 Å². The molecular formula is C44H54S2. The minimum Gasteiger partial charge on any atom is -0.140 e. The lowest BCUT2D eigenvalue weighted by molar-refractivity contribution is 0.595. The first-order chi connectivity index (χ1) is 22.0. The molecule has 0 radical (unpaired) electrons. The molecule has 0 bridgehead atoms. The number of hydrogen-bond acceptors (Lipinski definition) is 2. The van der Waals surface area contributed by atoms with Crippen molar-refractivity contribution in [1.82, 2.24) is 0 Å². The number of aryl methyl sites for hydroxylation is 2. The van der Waals surface area contributed by atoms with Crippen LogP contribution in [0.25, 0.3) is 53.2 Å². The monoisotopic (exact) mass is 646 g/mol. The van der Waals surface area contributed by atoms with Crippen molar-refractivity contribution in [1.29, 1.82) is 0 Å². The van der Waals surface area contributed by atoms with Gasteiger partial charge in [-0.25, -0.2) is 0 Å². The molecule has 0 nitrogen and oxygen atoms in total. The fraction of sp³-hybridized carbons (Fsp3) is 0.455. The molecule has 6 rings (SSSR count). The first-order valence-electron chi connectivity index (χ1n) is 18.0. The van der Waals surface area contributed by atoms with E-state index in [0.29, 0.717) is 0 Å². The fourth-order valence-corrected chi connectivity index (χ4v) is 9.49. The molecule has 6 aromatic rings. The highest BCUT2D eigenvalue weighted by atomic mass is 32.1. The maximum absolute atomic E-state index is 2.57. The Hall–Kier alpha value is -2.68. The smallest absolute Gasteiger partial charge is 0.0351 e. The molecule has 0 saturated heterocycles. The zero-order valence-corrected chi connectivity index (χ0v) is 31.3. The van der Waals surface area contributed by atoms with E-state index in [0.717, 1.165) is 0 Å². The fourth-order valence-electron chi connectivity index (χ4n) is 7.36. The molecule has 0 amide bonds. The molecule has 2 heterocycles. The van der Waals surface area contributed by atoms with E-state index < -0.39 is 0 Å². The molecule has 2 aromatic heterocycles. The first kappa shape index (κ1) is 33.2. The second-order valence-electron chi connectivity index (χ2n) is 15.7. The van der Waals surface area contributed by atoms with Crippen molar-refractivity contribution in [2.75, 3.05) is 0 Å². The minimum atomic E-state index is 0.0190. The largest absolute Gasteiger partial charge is 0.140 e. The molecule has 0 atom stereocenters. The van der Waals surface area contributed by atoms with Crippen LogP contribution in [0.2, 0.25) is 0 Å². The van der Waals surface area contributed by atoms with Crippen LogP contribution >= 0.6 is 22.7 Å². The van der Waals surface area contributed by atoms with Gasteiger partial charge in [0.2, 0.25) is 0 Å². The Bertz CT molecular complexity index is 1930. The molecule has 0 fully saturated rings. The van der Waals surface area contributed by atoms with Crippen LogP contribution in [0.4, 0.5) is 0 Å². The van der Waals surface area contributed by atoms with E-state index in [1.165, 1.54) is 138 Å². The van der Waals surface area contributed by atoms with Gasteiger partial charge in [0.25, 0.3) is 0 Å². The first-order valence-corrected chi connectivity index (χ1v) is 19.6. The number of unbranched alkanes of at least 4 members (excludes halogenated alkanes) is 6. The van der Waals surface area contributed by atoms with Gasteiger partial charge in [0.05, 0.1) is 0 Å². The number of hydrogen-bond donors (Lipinski definition) is 0. The zero-order valence-electron chi connectivity index (χ0n) is 29.7. The van der Waals surface area contributed by atoms with Gasteiger partial charge in [0.15, 0.2) is 0 Å². The summed E-state index contributed by atoms with van der Waals surface area (Å²) in [6, 6.07) is 24.5. The Morgan fingerprint density at radius 1 is 0.500 bits per heavy atom. The van der Waals surface area contributed by atoms with E-state index in [-0.39, 0.29) is 10.8 Å². The Morgan fingerprint density at radius 2 is 1.09 bits per heavy atom. The molecule has 0 aliphatic carbocycles. The van der Waals surface area contributed by atoms with Gasteiger partial charge in [0, 0.05) is 19.5 Å². The highest BCUT2D eigenvalue weighted by Gasteiger charge is 2.27. The maximum atomic E-state index is 2.57. The van der Waals surface area contributed by atoms with Crippen molar-refractivity contribution in [3.05, 3.63) is 81.5 Å². The molecule has 0 aliphatic heterocycles. The van der Waals surface area contributed by atoms with Crippen LogP contribution in [0.3, 0.4) is 0 Å². The summed E-state index contributed by atoms with van der Waals surface area (Å²) in [5.41, 5.74) is 5.73. The Morgan fingerprint density at radius 3 is 1.70 bits per heavy atom. The van der Waals surface area contributed by atoms with Crippen molar-refractivity contribution in [2.24, 2.45) is 0 Å². The molecule has 0 aliphatic rings. The van der Waals surface area contributed by atoms with Gasteiger partial charge in [-0.2, -0.15) is 0 Å². The van der Waals surface area contributed by atoms with Gasteiger partial charge in [-0.05, 0) is 140 Å². The van der Waals surface area contributed by atoms with Crippen LogP contribution in [-0.4, -0.2) is 0 Å². The van der Waals surface area contributed by atoms with Gasteiger partial charge in [-0.3, -0.25) is 0 Å². The number of rotatable bonds is 12. The number of benzene rings is 4. The Balaban J connectivity index is 1.56. The summed E-state index contributed by atoms with van der Waals surface area (Å²) in [7, 11) is 0. The van der Waals surface area contributed by atoms with E-state index in [4.69, 9.17) is 0 Å². The lowest BCUT2D eigenvalue weighted by Gasteiger charge is -2.28. The molecule has 0 spiro atoms. The Labute approximate surface area is 286 Å². The SMILES string of the molecule is CCCCCCc1ccc(-c2cc3cc(C(C)(C)C)c4ccc(-c5ccc(CCCCCC)s5)c5cc(C(C)(C)C)c(c2)c3c54)s1. The van der Waals surface area contributed by atoms with Crippen molar-refractivity contribution in [2.45, 2.75) is 130 Å². The summed E-state index contributed by atoms with van der Waals surface area (Å²) < 4.78 is 0. The topological polar surface area (TPSA) is 0 Å². The van der Waals surface area contributed by atoms with Gasteiger partial charge < -0.3 is 0 Å². The van der Waals surface area contributed by atoms with E-state index >= 15 is 0 Å². The van der Waals surface area contributed by atoms with Crippen LogP contribution in [0, 0.1) is 0 Å². The summed E-state index contributed by atoms with van der Waals surface area (Å²) in [4.78, 5) is 5.85. The molecule has 2 heteroatoms. The minimum absolute atomic E-state index is 0.0190. The lowest BCUT2D eigenvalue weighted by atomic mass is 9.76. The quantitative estimate of drug-likeness (QED) is 0.0917. The molecule has 0 N–H and O–H groups in total.